The molecule has 0 spiro atoms. The molecule has 0 atom stereocenters. The van der Waals surface area contributed by atoms with Crippen LogP contribution in [-0.2, 0) is 0 Å². The van der Waals surface area contributed by atoms with E-state index in [-0.39, 0.29) is 11.9 Å². The van der Waals surface area contributed by atoms with Gasteiger partial charge in [-0.3, -0.25) is 0 Å². The molecule has 1 fully saturated rings. The fourth-order valence-corrected chi connectivity index (χ4v) is 2.58. The summed E-state index contributed by atoms with van der Waals surface area (Å²) in [5.41, 5.74) is 0.696. The van der Waals surface area contributed by atoms with Gasteiger partial charge < -0.3 is 19.6 Å². The molecule has 1 aliphatic rings. The fraction of sp³-hybridized carbons (Fsp3) is 0.500. The molecule has 1 N–H and O–H groups in total. The Morgan fingerprint density at radius 1 is 1.45 bits per heavy atom. The van der Waals surface area contributed by atoms with E-state index in [4.69, 9.17) is 9.84 Å². The number of piperidine rings is 1. The number of nitrogens with zero attached hydrogens (tertiary/aromatic N) is 2. The van der Waals surface area contributed by atoms with Crippen LogP contribution in [0.3, 0.4) is 0 Å². The average molecular weight is 282 g/mol. The topological polar surface area (TPSA) is 53.0 Å². The lowest BCUT2D eigenvalue weighted by molar-refractivity contribution is 0.132. The van der Waals surface area contributed by atoms with Gasteiger partial charge in [-0.15, -0.1) is 0 Å². The second-order valence-electron chi connectivity index (χ2n) is 4.93. The largest absolute Gasteiger partial charge is 0.495 e. The first-order valence-electron chi connectivity index (χ1n) is 6.57. The predicted molar refractivity (Wildman–Crippen MR) is 74.0 cm³/mol. The maximum atomic E-state index is 13.4. The van der Waals surface area contributed by atoms with Crippen LogP contribution in [-0.4, -0.2) is 49.4 Å². The molecular formula is C14H19FN2O3. The first kappa shape index (κ1) is 14.4. The number of rotatable bonds is 3. The highest BCUT2D eigenvalue weighted by Gasteiger charge is 2.26. The summed E-state index contributed by atoms with van der Waals surface area (Å²) in [6, 6.07) is 4.60. The summed E-state index contributed by atoms with van der Waals surface area (Å²) in [5, 5.41) is 8.94. The van der Waals surface area contributed by atoms with Crippen LogP contribution in [0.25, 0.3) is 0 Å². The Labute approximate surface area is 117 Å². The standard InChI is InChI=1S/C14H19FN2O3/c1-16(11-5-7-17(8-6-11)14(18)19)12-9-10(15)3-4-13(12)20-2/h3-4,9,11H,5-8H2,1-2H3,(H,18,19). The summed E-state index contributed by atoms with van der Waals surface area (Å²) in [5.74, 6) is 0.310. The van der Waals surface area contributed by atoms with Crippen LogP contribution in [0.15, 0.2) is 18.2 Å². The van der Waals surface area contributed by atoms with E-state index in [1.165, 1.54) is 17.0 Å². The van der Waals surface area contributed by atoms with Crippen molar-refractivity contribution >= 4 is 11.8 Å². The number of anilines is 1. The number of likely N-dealkylation sites (tertiary alicyclic amines) is 1. The van der Waals surface area contributed by atoms with Gasteiger partial charge in [0.2, 0.25) is 0 Å². The Kier molecular flexibility index (Phi) is 4.32. The minimum Gasteiger partial charge on any atom is -0.495 e. The monoisotopic (exact) mass is 282 g/mol. The zero-order valence-electron chi connectivity index (χ0n) is 11.7. The minimum absolute atomic E-state index is 0.182. The van der Waals surface area contributed by atoms with Crippen molar-refractivity contribution in [2.75, 3.05) is 32.1 Å². The van der Waals surface area contributed by atoms with E-state index >= 15 is 0 Å². The van der Waals surface area contributed by atoms with Crippen molar-refractivity contribution in [2.24, 2.45) is 0 Å². The molecule has 1 aromatic rings. The summed E-state index contributed by atoms with van der Waals surface area (Å²) in [6.45, 7) is 1.00. The van der Waals surface area contributed by atoms with Crippen molar-refractivity contribution in [3.8, 4) is 5.75 Å². The number of benzene rings is 1. The highest BCUT2D eigenvalue weighted by molar-refractivity contribution is 5.65. The third-order valence-corrected chi connectivity index (χ3v) is 3.80. The molecule has 1 aliphatic heterocycles. The molecule has 1 aromatic carbocycles. The van der Waals surface area contributed by atoms with E-state index in [1.54, 1.807) is 13.2 Å². The Morgan fingerprint density at radius 3 is 2.65 bits per heavy atom. The van der Waals surface area contributed by atoms with Crippen molar-refractivity contribution in [2.45, 2.75) is 18.9 Å². The van der Waals surface area contributed by atoms with Gasteiger partial charge in [-0.2, -0.15) is 0 Å². The normalized spacial score (nSPS) is 16.1. The van der Waals surface area contributed by atoms with Gasteiger partial charge >= 0.3 is 6.09 Å². The van der Waals surface area contributed by atoms with Crippen molar-refractivity contribution < 1.29 is 19.0 Å². The quantitative estimate of drug-likeness (QED) is 0.925. The van der Waals surface area contributed by atoms with Crippen molar-refractivity contribution in [1.29, 1.82) is 0 Å². The van der Waals surface area contributed by atoms with Crippen LogP contribution < -0.4 is 9.64 Å². The molecule has 1 saturated heterocycles. The van der Waals surface area contributed by atoms with Gasteiger partial charge in [0, 0.05) is 32.2 Å². The number of amides is 1. The zero-order chi connectivity index (χ0) is 14.7. The summed E-state index contributed by atoms with van der Waals surface area (Å²) in [4.78, 5) is 14.3. The summed E-state index contributed by atoms with van der Waals surface area (Å²) < 4.78 is 18.7. The Balaban J connectivity index is 2.10. The second kappa shape index (κ2) is 5.98. The second-order valence-corrected chi connectivity index (χ2v) is 4.93. The van der Waals surface area contributed by atoms with Crippen LogP contribution >= 0.6 is 0 Å². The predicted octanol–water partition coefficient (Wildman–Crippen LogP) is 2.41. The third kappa shape index (κ3) is 2.95. The summed E-state index contributed by atoms with van der Waals surface area (Å²) >= 11 is 0. The highest BCUT2D eigenvalue weighted by Crippen LogP contribution is 2.31. The Hall–Kier alpha value is -1.98. The molecule has 0 radical (unpaired) electrons. The molecule has 2 rings (SSSR count). The summed E-state index contributed by atoms with van der Waals surface area (Å²) in [7, 11) is 3.44. The Morgan fingerprint density at radius 2 is 2.10 bits per heavy atom. The van der Waals surface area contributed by atoms with Gasteiger partial charge in [0.25, 0.3) is 0 Å². The molecule has 1 amide bonds. The van der Waals surface area contributed by atoms with Gasteiger partial charge in [0.1, 0.15) is 11.6 Å². The zero-order valence-corrected chi connectivity index (χ0v) is 11.7. The van der Waals surface area contributed by atoms with Crippen LogP contribution in [0, 0.1) is 5.82 Å². The molecule has 5 nitrogen and oxygen atoms in total. The first-order valence-corrected chi connectivity index (χ1v) is 6.57. The van der Waals surface area contributed by atoms with Crippen molar-refractivity contribution in [1.82, 2.24) is 4.90 Å². The van der Waals surface area contributed by atoms with Gasteiger partial charge in [-0.05, 0) is 25.0 Å². The van der Waals surface area contributed by atoms with E-state index in [2.05, 4.69) is 0 Å². The van der Waals surface area contributed by atoms with Crippen molar-refractivity contribution in [3.63, 3.8) is 0 Å². The lowest BCUT2D eigenvalue weighted by Gasteiger charge is -2.37. The number of halogens is 1. The van der Waals surface area contributed by atoms with Crippen LogP contribution in [0.4, 0.5) is 14.9 Å². The molecule has 1 heterocycles. The van der Waals surface area contributed by atoms with E-state index in [9.17, 15) is 9.18 Å². The van der Waals surface area contributed by atoms with Gasteiger partial charge in [0.15, 0.2) is 0 Å². The van der Waals surface area contributed by atoms with E-state index in [0.717, 1.165) is 12.8 Å². The van der Waals surface area contributed by atoms with Gasteiger partial charge in [-0.1, -0.05) is 0 Å². The SMILES string of the molecule is COc1ccc(F)cc1N(C)C1CCN(C(=O)O)CC1. The molecule has 110 valence electrons. The van der Waals surface area contributed by atoms with Crippen LogP contribution in [0.5, 0.6) is 5.75 Å². The van der Waals surface area contributed by atoms with E-state index < -0.39 is 6.09 Å². The molecular weight excluding hydrogens is 263 g/mol. The summed E-state index contributed by atoms with van der Waals surface area (Å²) in [6.07, 6.45) is 0.569. The molecule has 0 aliphatic carbocycles. The molecule has 0 saturated carbocycles. The number of carboxylic acid groups (broad SMARTS) is 1. The Bertz CT molecular complexity index is 487. The van der Waals surface area contributed by atoms with E-state index in [1.807, 2.05) is 11.9 Å². The lowest BCUT2D eigenvalue weighted by Crippen LogP contribution is -2.45. The number of ether oxygens (including phenoxy) is 1. The maximum absolute atomic E-state index is 13.4. The number of carbonyl (C=O) groups is 1. The lowest BCUT2D eigenvalue weighted by atomic mass is 10.0. The van der Waals surface area contributed by atoms with Crippen LogP contribution in [0.1, 0.15) is 12.8 Å². The maximum Gasteiger partial charge on any atom is 0.407 e. The molecule has 0 bridgehead atoms. The van der Waals surface area contributed by atoms with Gasteiger partial charge in [-0.25, -0.2) is 9.18 Å². The molecule has 20 heavy (non-hydrogen) atoms. The smallest absolute Gasteiger partial charge is 0.407 e. The third-order valence-electron chi connectivity index (χ3n) is 3.80. The number of hydrogen-bond donors (Lipinski definition) is 1. The fourth-order valence-electron chi connectivity index (χ4n) is 2.58. The molecule has 0 aromatic heterocycles. The first-order chi connectivity index (χ1) is 9.52. The molecule has 6 heteroatoms. The van der Waals surface area contributed by atoms with Gasteiger partial charge in [0.05, 0.1) is 12.8 Å². The van der Waals surface area contributed by atoms with Crippen molar-refractivity contribution in [3.05, 3.63) is 24.0 Å². The number of methoxy groups -OCH3 is 1. The average Bonchev–Trinajstić information content (AvgIpc) is 2.46. The van der Waals surface area contributed by atoms with Crippen LogP contribution in [0.2, 0.25) is 0 Å². The minimum atomic E-state index is -0.880. The molecule has 0 unspecified atom stereocenters. The highest BCUT2D eigenvalue weighted by atomic mass is 19.1. The van der Waals surface area contributed by atoms with E-state index in [0.29, 0.717) is 24.5 Å². The number of hydrogen-bond acceptors (Lipinski definition) is 3.